The van der Waals surface area contributed by atoms with Gasteiger partial charge in [-0.15, -0.1) is 0 Å². The Balaban J connectivity index is 4.73. The number of amides is 1. The molecule has 0 rings (SSSR count). The summed E-state index contributed by atoms with van der Waals surface area (Å²) in [7, 11) is 0. The monoisotopic (exact) mass is 301 g/mol. The van der Waals surface area contributed by atoms with Crippen LogP contribution in [0.4, 0.5) is 13.2 Å². The van der Waals surface area contributed by atoms with Crippen molar-refractivity contribution in [1.82, 2.24) is 5.32 Å². The molecule has 0 aliphatic carbocycles. The molecule has 112 valence electrons. The first-order valence-corrected chi connectivity index (χ1v) is 6.40. The number of halogens is 3. The molecule has 0 spiro atoms. The van der Waals surface area contributed by atoms with Crippen molar-refractivity contribution in [3.8, 4) is 0 Å². The summed E-state index contributed by atoms with van der Waals surface area (Å²) in [5.41, 5.74) is 0. The molecule has 0 saturated heterocycles. The highest BCUT2D eigenvalue weighted by atomic mass is 32.1. The third kappa shape index (κ3) is 7.29. The average Bonchev–Trinajstić information content (AvgIpc) is 2.12. The smallest absolute Gasteiger partial charge is 0.401 e. The van der Waals surface area contributed by atoms with E-state index in [1.54, 1.807) is 13.8 Å². The van der Waals surface area contributed by atoms with Crippen LogP contribution in [-0.4, -0.2) is 35.0 Å². The van der Waals surface area contributed by atoms with E-state index in [1.165, 1.54) is 0 Å². The van der Waals surface area contributed by atoms with Crippen LogP contribution in [-0.2, 0) is 9.59 Å². The quantitative estimate of drug-likeness (QED) is 0.631. The molecular weight excluding hydrogens is 283 g/mol. The summed E-state index contributed by atoms with van der Waals surface area (Å²) in [5, 5.41) is 10.8. The lowest BCUT2D eigenvalue weighted by Gasteiger charge is -2.23. The van der Waals surface area contributed by atoms with Crippen LogP contribution in [0.3, 0.4) is 0 Å². The van der Waals surface area contributed by atoms with Gasteiger partial charge < -0.3 is 10.4 Å². The third-order valence-electron chi connectivity index (χ3n) is 2.42. The maximum atomic E-state index is 12.5. The molecule has 2 unspecified atom stereocenters. The van der Waals surface area contributed by atoms with Crippen molar-refractivity contribution in [3.63, 3.8) is 0 Å². The predicted molar refractivity (Wildman–Crippen MR) is 67.0 cm³/mol. The molecule has 0 aliphatic heterocycles. The van der Waals surface area contributed by atoms with Crippen molar-refractivity contribution in [2.75, 3.05) is 5.75 Å². The zero-order chi connectivity index (χ0) is 15.2. The minimum Gasteiger partial charge on any atom is -0.481 e. The molecular formula is C11H18F3NO3S. The summed E-state index contributed by atoms with van der Waals surface area (Å²) in [6, 6.07) is -0.810. The Bertz CT molecular complexity index is 321. The summed E-state index contributed by atoms with van der Waals surface area (Å²) < 4.78 is 37.6. The summed E-state index contributed by atoms with van der Waals surface area (Å²) in [6.45, 7) is 3.59. The van der Waals surface area contributed by atoms with Crippen LogP contribution in [0.25, 0.3) is 0 Å². The second-order valence-electron chi connectivity index (χ2n) is 4.71. The molecule has 0 aliphatic rings. The van der Waals surface area contributed by atoms with Gasteiger partial charge in [0.15, 0.2) is 0 Å². The average molecular weight is 301 g/mol. The minimum atomic E-state index is -4.68. The standard InChI is InChI=1S/C11H18F3NO3S/c1-6(2)3-7(4-9(16)17)15-10(18)8(5-19)11(12,13)14/h6-8,19H,3-5H2,1-2H3,(H,15,18)(H,16,17). The number of carbonyl (C=O) groups excluding carboxylic acids is 1. The molecule has 0 heterocycles. The molecule has 8 heteroatoms. The molecule has 4 nitrogen and oxygen atoms in total. The Kier molecular flexibility index (Phi) is 7.25. The lowest BCUT2D eigenvalue weighted by atomic mass is 10.00. The summed E-state index contributed by atoms with van der Waals surface area (Å²) >= 11 is 3.51. The zero-order valence-corrected chi connectivity index (χ0v) is 11.6. The van der Waals surface area contributed by atoms with Crippen LogP contribution >= 0.6 is 12.6 Å². The number of aliphatic carboxylic acids is 1. The fourth-order valence-electron chi connectivity index (χ4n) is 1.61. The van der Waals surface area contributed by atoms with Gasteiger partial charge in [-0.2, -0.15) is 25.8 Å². The van der Waals surface area contributed by atoms with Crippen LogP contribution < -0.4 is 5.32 Å². The van der Waals surface area contributed by atoms with Gasteiger partial charge in [-0.05, 0) is 12.3 Å². The summed E-state index contributed by atoms with van der Waals surface area (Å²) in [4.78, 5) is 22.1. The first kappa shape index (κ1) is 18.1. The van der Waals surface area contributed by atoms with Crippen LogP contribution in [0.15, 0.2) is 0 Å². The van der Waals surface area contributed by atoms with Crippen molar-refractivity contribution in [2.45, 2.75) is 38.9 Å². The first-order valence-electron chi connectivity index (χ1n) is 5.77. The van der Waals surface area contributed by atoms with Crippen molar-refractivity contribution in [1.29, 1.82) is 0 Å². The van der Waals surface area contributed by atoms with E-state index in [4.69, 9.17) is 5.11 Å². The third-order valence-corrected chi connectivity index (χ3v) is 2.78. The molecule has 1 amide bonds. The Morgan fingerprint density at radius 3 is 2.16 bits per heavy atom. The zero-order valence-electron chi connectivity index (χ0n) is 10.7. The first-order chi connectivity index (χ1) is 8.57. The molecule has 0 aromatic carbocycles. The maximum Gasteiger partial charge on any atom is 0.401 e. The minimum absolute atomic E-state index is 0.0602. The Hall–Kier alpha value is -0.920. The van der Waals surface area contributed by atoms with E-state index in [1.807, 2.05) is 0 Å². The van der Waals surface area contributed by atoms with Gasteiger partial charge in [0.05, 0.1) is 6.42 Å². The number of carbonyl (C=O) groups is 2. The molecule has 0 radical (unpaired) electrons. The Morgan fingerprint density at radius 2 is 1.84 bits per heavy atom. The molecule has 19 heavy (non-hydrogen) atoms. The number of hydrogen-bond donors (Lipinski definition) is 3. The largest absolute Gasteiger partial charge is 0.481 e. The molecule has 0 fully saturated rings. The molecule has 2 atom stereocenters. The molecule has 2 N–H and O–H groups in total. The molecule has 0 bridgehead atoms. The normalized spacial score (nSPS) is 15.1. The maximum absolute atomic E-state index is 12.5. The highest BCUT2D eigenvalue weighted by molar-refractivity contribution is 7.80. The summed E-state index contributed by atoms with van der Waals surface area (Å²) in [6.07, 6.45) is -4.78. The number of thiol groups is 1. The Morgan fingerprint density at radius 1 is 1.32 bits per heavy atom. The lowest BCUT2D eigenvalue weighted by molar-refractivity contribution is -0.178. The van der Waals surface area contributed by atoms with Gasteiger partial charge in [0, 0.05) is 11.8 Å². The number of alkyl halides is 3. The molecule has 0 aromatic heterocycles. The van der Waals surface area contributed by atoms with Gasteiger partial charge in [0.1, 0.15) is 5.92 Å². The van der Waals surface area contributed by atoms with Gasteiger partial charge in [-0.3, -0.25) is 9.59 Å². The van der Waals surface area contributed by atoms with Gasteiger partial charge in [-0.1, -0.05) is 13.8 Å². The second-order valence-corrected chi connectivity index (χ2v) is 5.07. The molecule has 0 aromatic rings. The SMILES string of the molecule is CC(C)CC(CC(=O)O)NC(=O)C(CS)C(F)(F)F. The van der Waals surface area contributed by atoms with E-state index in [0.717, 1.165) is 0 Å². The van der Waals surface area contributed by atoms with Crippen molar-refractivity contribution >= 4 is 24.5 Å². The van der Waals surface area contributed by atoms with E-state index in [9.17, 15) is 22.8 Å². The van der Waals surface area contributed by atoms with Crippen LogP contribution in [0.1, 0.15) is 26.7 Å². The Labute approximate surface area is 115 Å². The van der Waals surface area contributed by atoms with Crippen molar-refractivity contribution in [2.24, 2.45) is 11.8 Å². The van der Waals surface area contributed by atoms with Gasteiger partial charge in [0.2, 0.25) is 5.91 Å². The fourth-order valence-corrected chi connectivity index (χ4v) is 1.98. The number of hydrogen-bond acceptors (Lipinski definition) is 3. The number of rotatable bonds is 7. The van der Waals surface area contributed by atoms with Gasteiger partial charge >= 0.3 is 12.1 Å². The fraction of sp³-hybridized carbons (Fsp3) is 0.818. The number of nitrogens with one attached hydrogen (secondary N) is 1. The highest BCUT2D eigenvalue weighted by Crippen LogP contribution is 2.27. The van der Waals surface area contributed by atoms with E-state index < -0.39 is 42.2 Å². The van der Waals surface area contributed by atoms with Crippen molar-refractivity contribution in [3.05, 3.63) is 0 Å². The van der Waals surface area contributed by atoms with Crippen LogP contribution in [0.2, 0.25) is 0 Å². The number of carboxylic acid groups (broad SMARTS) is 1. The van der Waals surface area contributed by atoms with E-state index in [2.05, 4.69) is 17.9 Å². The highest BCUT2D eigenvalue weighted by Gasteiger charge is 2.44. The van der Waals surface area contributed by atoms with Gasteiger partial charge in [0.25, 0.3) is 0 Å². The van der Waals surface area contributed by atoms with Crippen molar-refractivity contribution < 1.29 is 27.9 Å². The molecule has 0 saturated carbocycles. The van der Waals surface area contributed by atoms with Crippen LogP contribution in [0.5, 0.6) is 0 Å². The van der Waals surface area contributed by atoms with E-state index >= 15 is 0 Å². The van der Waals surface area contributed by atoms with Gasteiger partial charge in [-0.25, -0.2) is 0 Å². The predicted octanol–water partition coefficient (Wildman–Crippen LogP) is 2.10. The lowest BCUT2D eigenvalue weighted by Crippen LogP contribution is -2.46. The number of carboxylic acids is 1. The topological polar surface area (TPSA) is 66.4 Å². The van der Waals surface area contributed by atoms with E-state index in [0.29, 0.717) is 6.42 Å². The second kappa shape index (κ2) is 7.62. The van der Waals surface area contributed by atoms with Crippen LogP contribution in [0, 0.1) is 11.8 Å². The van der Waals surface area contributed by atoms with E-state index in [-0.39, 0.29) is 5.92 Å². The summed E-state index contributed by atoms with van der Waals surface area (Å²) in [5.74, 6) is -5.23.